The zero-order valence-electron chi connectivity index (χ0n) is 17.1. The van der Waals surface area contributed by atoms with Gasteiger partial charge in [-0.2, -0.15) is 5.10 Å². The molecular formula is C22H20N4O5S. The molecule has 3 aromatic carbocycles. The third-order valence-electron chi connectivity index (χ3n) is 4.47. The van der Waals surface area contributed by atoms with Crippen LogP contribution in [0.5, 0.6) is 0 Å². The normalized spacial score (nSPS) is 11.3. The lowest BCUT2D eigenvalue weighted by Crippen LogP contribution is -2.29. The summed E-state index contributed by atoms with van der Waals surface area (Å²) in [6, 6.07) is 21.0. The van der Waals surface area contributed by atoms with Gasteiger partial charge in [-0.3, -0.25) is 19.2 Å². The first kappa shape index (κ1) is 22.6. The third kappa shape index (κ3) is 5.99. The second-order valence-electron chi connectivity index (χ2n) is 6.85. The van der Waals surface area contributed by atoms with Crippen LogP contribution in [0.4, 0.5) is 11.4 Å². The van der Waals surface area contributed by atoms with Gasteiger partial charge in [-0.1, -0.05) is 30.3 Å². The second kappa shape index (κ2) is 9.84. The molecule has 32 heavy (non-hydrogen) atoms. The number of carbonyl (C=O) groups is 1. The number of hydrogen-bond donors (Lipinski definition) is 1. The fraction of sp³-hybridized carbons (Fsp3) is 0.0909. The number of carbonyl (C=O) groups excluding carboxylic acids is 1. The highest BCUT2D eigenvalue weighted by Gasteiger charge is 2.18. The van der Waals surface area contributed by atoms with Gasteiger partial charge in [-0.15, -0.1) is 0 Å². The molecule has 0 radical (unpaired) electrons. The van der Waals surface area contributed by atoms with Crippen LogP contribution in [0, 0.1) is 10.1 Å². The largest absolute Gasteiger partial charge is 0.271 e. The van der Waals surface area contributed by atoms with Crippen molar-refractivity contribution < 1.29 is 18.1 Å². The van der Waals surface area contributed by atoms with Crippen molar-refractivity contribution in [3.63, 3.8) is 0 Å². The van der Waals surface area contributed by atoms with Gasteiger partial charge in [-0.25, -0.2) is 13.8 Å². The number of nitrogens with one attached hydrogen (secondary N) is 1. The van der Waals surface area contributed by atoms with E-state index in [1.807, 2.05) is 30.3 Å². The minimum atomic E-state index is -3.54. The summed E-state index contributed by atoms with van der Waals surface area (Å²) in [7, 11) is -3.54. The molecule has 3 aromatic rings. The molecule has 0 spiro atoms. The molecule has 0 heterocycles. The molecule has 10 heteroatoms. The lowest BCUT2D eigenvalue weighted by Gasteiger charge is -2.22. The Morgan fingerprint density at radius 3 is 2.22 bits per heavy atom. The SMILES string of the molecule is CS(=O)(=O)N(Cc1ccccc1)c1ccc(C(=O)N/N=C/c2ccc([N+](=O)[O-])cc2)cc1. The van der Waals surface area contributed by atoms with Crippen molar-refractivity contribution in [1.29, 1.82) is 0 Å². The van der Waals surface area contributed by atoms with Crippen molar-refractivity contribution in [1.82, 2.24) is 5.43 Å². The first-order chi connectivity index (χ1) is 15.2. The van der Waals surface area contributed by atoms with Crippen LogP contribution >= 0.6 is 0 Å². The molecule has 0 aliphatic heterocycles. The number of nitro benzene ring substituents is 1. The van der Waals surface area contributed by atoms with Crippen LogP contribution in [0.1, 0.15) is 21.5 Å². The highest BCUT2D eigenvalue weighted by atomic mass is 32.2. The van der Waals surface area contributed by atoms with Crippen LogP contribution in [-0.2, 0) is 16.6 Å². The average molecular weight is 452 g/mol. The van der Waals surface area contributed by atoms with Crippen LogP contribution in [0.15, 0.2) is 84.0 Å². The van der Waals surface area contributed by atoms with Gasteiger partial charge in [-0.05, 0) is 47.5 Å². The molecule has 0 aromatic heterocycles. The molecule has 0 aliphatic rings. The standard InChI is InChI=1S/C22H20N4O5S/c1-32(30,31)25(16-18-5-3-2-4-6-18)20-13-9-19(10-14-20)22(27)24-23-15-17-7-11-21(12-8-17)26(28)29/h2-15H,16H2,1H3,(H,24,27)/b23-15+. The Kier molecular flexibility index (Phi) is 6.96. The maximum absolute atomic E-state index is 12.3. The topological polar surface area (TPSA) is 122 Å². The zero-order chi connectivity index (χ0) is 23.1. The Bertz CT molecular complexity index is 1230. The van der Waals surface area contributed by atoms with E-state index in [0.717, 1.165) is 11.8 Å². The van der Waals surface area contributed by atoms with Crippen LogP contribution in [-0.4, -0.2) is 31.7 Å². The van der Waals surface area contributed by atoms with Gasteiger partial charge in [0.2, 0.25) is 10.0 Å². The fourth-order valence-electron chi connectivity index (χ4n) is 2.84. The van der Waals surface area contributed by atoms with Gasteiger partial charge in [0.05, 0.1) is 29.6 Å². The lowest BCUT2D eigenvalue weighted by atomic mass is 10.2. The summed E-state index contributed by atoms with van der Waals surface area (Å²) in [5, 5.41) is 14.5. The van der Waals surface area contributed by atoms with E-state index in [1.165, 1.54) is 46.9 Å². The summed E-state index contributed by atoms with van der Waals surface area (Å²) in [4.78, 5) is 22.5. The monoisotopic (exact) mass is 452 g/mol. The number of benzene rings is 3. The van der Waals surface area contributed by atoms with Gasteiger partial charge in [0.25, 0.3) is 11.6 Å². The van der Waals surface area contributed by atoms with Crippen molar-refractivity contribution in [2.24, 2.45) is 5.10 Å². The van der Waals surface area contributed by atoms with E-state index in [4.69, 9.17) is 0 Å². The van der Waals surface area contributed by atoms with E-state index in [1.54, 1.807) is 12.1 Å². The van der Waals surface area contributed by atoms with Crippen LogP contribution < -0.4 is 9.73 Å². The van der Waals surface area contributed by atoms with Crippen LogP contribution in [0.3, 0.4) is 0 Å². The number of nitrogens with zero attached hydrogens (tertiary/aromatic N) is 3. The van der Waals surface area contributed by atoms with Gasteiger partial charge in [0.1, 0.15) is 0 Å². The molecule has 1 amide bonds. The Morgan fingerprint density at radius 1 is 1.03 bits per heavy atom. The van der Waals surface area contributed by atoms with E-state index in [0.29, 0.717) is 16.8 Å². The van der Waals surface area contributed by atoms with Gasteiger partial charge < -0.3 is 0 Å². The van der Waals surface area contributed by atoms with Crippen LogP contribution in [0.25, 0.3) is 0 Å². The highest BCUT2D eigenvalue weighted by Crippen LogP contribution is 2.21. The number of nitro groups is 1. The van der Waals surface area contributed by atoms with Crippen molar-refractivity contribution >= 4 is 33.5 Å². The van der Waals surface area contributed by atoms with E-state index < -0.39 is 20.9 Å². The molecule has 3 rings (SSSR count). The summed E-state index contributed by atoms with van der Waals surface area (Å²) < 4.78 is 25.8. The summed E-state index contributed by atoms with van der Waals surface area (Å²) in [5.41, 5.74) is 4.47. The smallest absolute Gasteiger partial charge is 0.267 e. The molecule has 0 bridgehead atoms. The Morgan fingerprint density at radius 2 is 1.66 bits per heavy atom. The minimum absolute atomic E-state index is 0.0401. The molecular weight excluding hydrogens is 432 g/mol. The number of hydrogen-bond acceptors (Lipinski definition) is 6. The molecule has 164 valence electrons. The first-order valence-corrected chi connectivity index (χ1v) is 11.3. The highest BCUT2D eigenvalue weighted by molar-refractivity contribution is 7.92. The van der Waals surface area contributed by atoms with Crippen LogP contribution in [0.2, 0.25) is 0 Å². The molecule has 0 aliphatic carbocycles. The molecule has 1 N–H and O–H groups in total. The number of non-ortho nitro benzene ring substituents is 1. The van der Waals surface area contributed by atoms with Crippen molar-refractivity contribution in [3.8, 4) is 0 Å². The summed E-state index contributed by atoms with van der Waals surface area (Å²) in [6.07, 6.45) is 2.49. The van der Waals surface area contributed by atoms with E-state index in [2.05, 4.69) is 10.5 Å². The van der Waals surface area contributed by atoms with Gasteiger partial charge in [0.15, 0.2) is 0 Å². The number of anilines is 1. The third-order valence-corrected chi connectivity index (χ3v) is 5.61. The molecule has 0 atom stereocenters. The summed E-state index contributed by atoms with van der Waals surface area (Å²) in [5.74, 6) is -0.483. The van der Waals surface area contributed by atoms with E-state index in [9.17, 15) is 23.3 Å². The lowest BCUT2D eigenvalue weighted by molar-refractivity contribution is -0.384. The summed E-state index contributed by atoms with van der Waals surface area (Å²) in [6.45, 7) is 0.171. The number of hydrazone groups is 1. The second-order valence-corrected chi connectivity index (χ2v) is 8.76. The average Bonchev–Trinajstić information content (AvgIpc) is 2.78. The molecule has 0 saturated carbocycles. The van der Waals surface area contributed by atoms with Gasteiger partial charge in [0, 0.05) is 17.7 Å². The number of sulfonamides is 1. The maximum atomic E-state index is 12.3. The van der Waals surface area contributed by atoms with Gasteiger partial charge >= 0.3 is 0 Å². The summed E-state index contributed by atoms with van der Waals surface area (Å²) >= 11 is 0. The first-order valence-electron chi connectivity index (χ1n) is 9.43. The van der Waals surface area contributed by atoms with E-state index in [-0.39, 0.29) is 12.2 Å². The predicted octanol–water partition coefficient (Wildman–Crippen LogP) is 3.32. The fourth-order valence-corrected chi connectivity index (χ4v) is 3.73. The Balaban J connectivity index is 1.68. The molecule has 0 saturated heterocycles. The van der Waals surface area contributed by atoms with Crippen molar-refractivity contribution in [3.05, 3.63) is 106 Å². The molecule has 9 nitrogen and oxygen atoms in total. The Labute approximate surface area is 185 Å². The molecule has 0 unspecified atom stereocenters. The number of amides is 1. The number of rotatable bonds is 8. The molecule has 0 fully saturated rings. The van der Waals surface area contributed by atoms with Crippen molar-refractivity contribution in [2.75, 3.05) is 10.6 Å². The van der Waals surface area contributed by atoms with E-state index >= 15 is 0 Å². The minimum Gasteiger partial charge on any atom is -0.267 e. The Hall–Kier alpha value is -4.05. The quantitative estimate of drug-likeness (QED) is 0.319. The predicted molar refractivity (Wildman–Crippen MR) is 122 cm³/mol. The maximum Gasteiger partial charge on any atom is 0.271 e. The zero-order valence-corrected chi connectivity index (χ0v) is 17.9. The van der Waals surface area contributed by atoms with Crippen molar-refractivity contribution in [2.45, 2.75) is 6.54 Å².